The monoisotopic (exact) mass is 657 g/mol. The van der Waals surface area contributed by atoms with Gasteiger partial charge in [0.25, 0.3) is 5.91 Å². The largest absolute Gasteiger partial charge is 0.377 e. The number of anilines is 4. The molecule has 4 heterocycles. The molecule has 0 spiro atoms. The molecule has 2 aromatic carbocycles. The molecule has 13 heteroatoms. The van der Waals surface area contributed by atoms with Crippen molar-refractivity contribution in [2.45, 2.75) is 52.2 Å². The van der Waals surface area contributed by atoms with Crippen molar-refractivity contribution in [3.05, 3.63) is 54.1 Å². The summed E-state index contributed by atoms with van der Waals surface area (Å²) in [7, 11) is 0. The fourth-order valence-corrected chi connectivity index (χ4v) is 6.32. The van der Waals surface area contributed by atoms with Crippen LogP contribution in [-0.2, 0) is 9.47 Å². The van der Waals surface area contributed by atoms with Crippen LogP contribution in [0.1, 0.15) is 44.5 Å². The Kier molecular flexibility index (Phi) is 10.7. The topological polar surface area (TPSA) is 128 Å². The van der Waals surface area contributed by atoms with Crippen molar-refractivity contribution in [3.8, 4) is 11.4 Å². The van der Waals surface area contributed by atoms with Crippen molar-refractivity contribution < 1.29 is 19.1 Å². The Labute approximate surface area is 282 Å². The lowest BCUT2D eigenvalue weighted by Gasteiger charge is -2.36. The summed E-state index contributed by atoms with van der Waals surface area (Å²) in [6.07, 6.45) is 0.962. The minimum Gasteiger partial charge on any atom is -0.377 e. The molecular weight excluding hydrogens is 610 g/mol. The molecule has 0 radical (unpaired) electrons. The maximum absolute atomic E-state index is 13.1. The van der Waals surface area contributed by atoms with Gasteiger partial charge in [0.15, 0.2) is 5.82 Å². The Morgan fingerprint density at radius 3 is 1.83 bits per heavy atom. The van der Waals surface area contributed by atoms with Gasteiger partial charge in [0.05, 0.1) is 38.5 Å². The van der Waals surface area contributed by atoms with Crippen molar-refractivity contribution in [1.82, 2.24) is 24.8 Å². The number of nitrogens with zero attached hydrogens (tertiary/aromatic N) is 7. The highest BCUT2D eigenvalue weighted by molar-refractivity contribution is 6.00. The van der Waals surface area contributed by atoms with Gasteiger partial charge in [-0.25, -0.2) is 4.79 Å². The second-order valence-electron chi connectivity index (χ2n) is 13.0. The van der Waals surface area contributed by atoms with Crippen LogP contribution in [0.15, 0.2) is 48.5 Å². The minimum absolute atomic E-state index is 0.0213. The molecule has 0 bridgehead atoms. The first kappa shape index (κ1) is 33.6. The third-order valence-electron chi connectivity index (χ3n) is 9.20. The van der Waals surface area contributed by atoms with Gasteiger partial charge in [0.1, 0.15) is 0 Å². The van der Waals surface area contributed by atoms with Gasteiger partial charge < -0.3 is 34.8 Å². The number of aromatic nitrogens is 3. The van der Waals surface area contributed by atoms with Gasteiger partial charge in [-0.2, -0.15) is 15.0 Å². The van der Waals surface area contributed by atoms with Crippen LogP contribution in [0.3, 0.4) is 0 Å². The van der Waals surface area contributed by atoms with E-state index in [-0.39, 0.29) is 24.0 Å². The summed E-state index contributed by atoms with van der Waals surface area (Å²) in [5.41, 5.74) is 2.65. The van der Waals surface area contributed by atoms with Gasteiger partial charge in [-0.05, 0) is 82.6 Å². The van der Waals surface area contributed by atoms with Crippen molar-refractivity contribution in [2.24, 2.45) is 0 Å². The molecule has 3 aliphatic heterocycles. The quantitative estimate of drug-likeness (QED) is 0.382. The fraction of sp³-hybridized carbons (Fsp3) is 0.514. The maximum atomic E-state index is 13.1. The maximum Gasteiger partial charge on any atom is 0.323 e. The number of urea groups is 1. The number of carbonyl (C=O) groups is 2. The van der Waals surface area contributed by atoms with Crippen molar-refractivity contribution >= 4 is 35.2 Å². The van der Waals surface area contributed by atoms with Crippen LogP contribution in [0.25, 0.3) is 11.4 Å². The molecule has 256 valence electrons. The van der Waals surface area contributed by atoms with Crippen LogP contribution >= 0.6 is 0 Å². The zero-order valence-corrected chi connectivity index (χ0v) is 28.4. The normalized spacial score (nSPS) is 20.8. The second kappa shape index (κ2) is 15.3. The molecule has 3 amide bonds. The zero-order valence-electron chi connectivity index (χ0n) is 28.4. The summed E-state index contributed by atoms with van der Waals surface area (Å²) in [5, 5.41) is 5.75. The number of benzene rings is 2. The fourth-order valence-electron chi connectivity index (χ4n) is 6.32. The number of hydrogen-bond donors (Lipinski definition) is 2. The van der Waals surface area contributed by atoms with E-state index in [1.54, 1.807) is 24.3 Å². The van der Waals surface area contributed by atoms with Gasteiger partial charge >= 0.3 is 6.03 Å². The summed E-state index contributed by atoms with van der Waals surface area (Å²) in [6.45, 7) is 15.8. The van der Waals surface area contributed by atoms with Crippen LogP contribution in [-0.4, -0.2) is 121 Å². The number of rotatable bonds is 7. The molecule has 6 rings (SSSR count). The van der Waals surface area contributed by atoms with E-state index in [1.165, 1.54) is 0 Å². The van der Waals surface area contributed by atoms with Gasteiger partial charge in [-0.15, -0.1) is 0 Å². The van der Waals surface area contributed by atoms with Crippen LogP contribution < -0.4 is 20.4 Å². The molecule has 0 aliphatic carbocycles. The van der Waals surface area contributed by atoms with E-state index in [9.17, 15) is 9.59 Å². The number of ether oxygens (including phenoxy) is 2. The van der Waals surface area contributed by atoms with Gasteiger partial charge in [-0.3, -0.25) is 9.69 Å². The van der Waals surface area contributed by atoms with Crippen LogP contribution in [0, 0.1) is 0 Å². The molecular formula is C35H47N9O4. The lowest BCUT2D eigenvalue weighted by molar-refractivity contribution is 0.0759. The zero-order chi connectivity index (χ0) is 33.6. The highest BCUT2D eigenvalue weighted by Crippen LogP contribution is 2.26. The number of hydrogen-bond acceptors (Lipinski definition) is 10. The highest BCUT2D eigenvalue weighted by Gasteiger charge is 2.27. The average molecular weight is 658 g/mol. The van der Waals surface area contributed by atoms with Crippen LogP contribution in [0.2, 0.25) is 0 Å². The molecule has 13 nitrogen and oxygen atoms in total. The van der Waals surface area contributed by atoms with E-state index in [4.69, 9.17) is 24.4 Å². The van der Waals surface area contributed by atoms with E-state index in [2.05, 4.69) is 53.0 Å². The first-order valence-corrected chi connectivity index (χ1v) is 17.0. The van der Waals surface area contributed by atoms with E-state index in [1.807, 2.05) is 29.2 Å². The number of morpholine rings is 2. The van der Waals surface area contributed by atoms with Crippen molar-refractivity contribution in [2.75, 3.05) is 86.1 Å². The van der Waals surface area contributed by atoms with Crippen LogP contribution in [0.4, 0.5) is 28.1 Å². The Balaban J connectivity index is 1.10. The summed E-state index contributed by atoms with van der Waals surface area (Å²) < 4.78 is 11.3. The number of carbonyl (C=O) groups excluding carboxylic acids is 2. The first-order valence-electron chi connectivity index (χ1n) is 17.0. The van der Waals surface area contributed by atoms with Crippen molar-refractivity contribution in [1.29, 1.82) is 0 Å². The third-order valence-corrected chi connectivity index (χ3v) is 9.20. The Hall–Kier alpha value is -4.33. The lowest BCUT2D eigenvalue weighted by Crippen LogP contribution is -2.46. The summed E-state index contributed by atoms with van der Waals surface area (Å²) >= 11 is 0. The Morgan fingerprint density at radius 1 is 0.729 bits per heavy atom. The van der Waals surface area contributed by atoms with Gasteiger partial charge in [0, 0.05) is 67.8 Å². The molecule has 3 saturated heterocycles. The molecule has 3 aliphatic rings. The molecule has 1 aromatic heterocycles. The Morgan fingerprint density at radius 2 is 1.29 bits per heavy atom. The SMILES string of the molecule is CC(C)N1CCCN(C(=O)c2ccc(NC(=O)Nc3ccc(-c4nc(N5CCOC[C@@H]5C)nc(N5CCOC[C@@H]5C)n4)cc3)cc2)CC1. The third kappa shape index (κ3) is 8.03. The highest BCUT2D eigenvalue weighted by atomic mass is 16.5. The molecule has 2 atom stereocenters. The predicted octanol–water partition coefficient (Wildman–Crippen LogP) is 4.19. The average Bonchev–Trinajstić information content (AvgIpc) is 3.36. The van der Waals surface area contributed by atoms with Gasteiger partial charge in [-0.1, -0.05) is 0 Å². The summed E-state index contributed by atoms with van der Waals surface area (Å²) in [5.74, 6) is 1.84. The van der Waals surface area contributed by atoms with E-state index in [0.717, 1.165) is 31.6 Å². The molecule has 3 aromatic rings. The first-order chi connectivity index (χ1) is 23.2. The molecule has 0 saturated carbocycles. The summed E-state index contributed by atoms with van der Waals surface area (Å²) in [4.78, 5) is 49.3. The number of nitrogens with one attached hydrogen (secondary N) is 2. The smallest absolute Gasteiger partial charge is 0.323 e. The number of amides is 3. The summed E-state index contributed by atoms with van der Waals surface area (Å²) in [6, 6.07) is 14.9. The molecule has 0 unspecified atom stereocenters. The standard InChI is InChI=1S/C35H47N9O4/c1-24(2)41-14-5-15-42(17-16-41)32(45)28-8-12-30(13-9-28)37-35(46)36-29-10-6-27(7-11-29)31-38-33(43-18-20-47-22-25(43)3)40-34(39-31)44-19-21-48-23-26(44)4/h6-13,24-26H,5,14-23H2,1-4H3,(H2,36,37,46)/t25-,26-/m0/s1. The predicted molar refractivity (Wildman–Crippen MR) is 187 cm³/mol. The molecule has 2 N–H and O–H groups in total. The van der Waals surface area contributed by atoms with Crippen molar-refractivity contribution in [3.63, 3.8) is 0 Å². The second-order valence-corrected chi connectivity index (χ2v) is 13.0. The van der Waals surface area contributed by atoms with E-state index >= 15 is 0 Å². The Bertz CT molecular complexity index is 1510. The van der Waals surface area contributed by atoms with E-state index in [0.29, 0.717) is 86.8 Å². The van der Waals surface area contributed by atoms with E-state index < -0.39 is 0 Å². The van der Waals surface area contributed by atoms with Gasteiger partial charge in [0.2, 0.25) is 11.9 Å². The molecule has 3 fully saturated rings. The van der Waals surface area contributed by atoms with Crippen LogP contribution in [0.5, 0.6) is 0 Å². The lowest BCUT2D eigenvalue weighted by atomic mass is 10.1. The minimum atomic E-state index is -0.379. The molecule has 48 heavy (non-hydrogen) atoms.